The average molecular weight is 247 g/mol. The van der Waals surface area contributed by atoms with E-state index in [1.165, 1.54) is 6.08 Å². The number of carbonyl (C=O) groups excluding carboxylic acids is 2. The Balaban J connectivity index is 2.51. The van der Waals surface area contributed by atoms with Gasteiger partial charge < -0.3 is 10.5 Å². The number of benzene rings is 1. The largest absolute Gasteiger partial charge is 0.463 e. The molecule has 4 heteroatoms. The molecule has 2 N–H and O–H groups in total. The van der Waals surface area contributed by atoms with Crippen LogP contribution >= 0.6 is 0 Å². The molecule has 0 bridgehead atoms. The van der Waals surface area contributed by atoms with Crippen LogP contribution in [-0.4, -0.2) is 18.5 Å². The third-order valence-electron chi connectivity index (χ3n) is 2.35. The Morgan fingerprint density at radius 1 is 1.28 bits per heavy atom. The fourth-order valence-electron chi connectivity index (χ4n) is 1.29. The van der Waals surface area contributed by atoms with Crippen molar-refractivity contribution in [2.45, 2.75) is 19.8 Å². The zero-order chi connectivity index (χ0) is 13.4. The standard InChI is InChI=1S/C14H17NO3/c1-2-3-10-18-13(16)9-6-11-4-7-12(8-5-11)14(15)17/h4-9H,2-3,10H2,1H3,(H2,15,17)/b9-6+. The van der Waals surface area contributed by atoms with Crippen LogP contribution in [0, 0.1) is 0 Å². The molecule has 1 aromatic rings. The lowest BCUT2D eigenvalue weighted by Crippen LogP contribution is -2.10. The molecule has 0 unspecified atom stereocenters. The minimum Gasteiger partial charge on any atom is -0.463 e. The second-order valence-electron chi connectivity index (χ2n) is 3.84. The van der Waals surface area contributed by atoms with Crippen LogP contribution in [0.2, 0.25) is 0 Å². The number of nitrogens with two attached hydrogens (primary N) is 1. The Bertz CT molecular complexity index is 435. The summed E-state index contributed by atoms with van der Waals surface area (Å²) in [6, 6.07) is 6.67. The van der Waals surface area contributed by atoms with Crippen LogP contribution in [0.15, 0.2) is 30.3 Å². The molecule has 0 aliphatic carbocycles. The zero-order valence-electron chi connectivity index (χ0n) is 10.4. The van der Waals surface area contributed by atoms with Gasteiger partial charge >= 0.3 is 5.97 Å². The highest BCUT2D eigenvalue weighted by Crippen LogP contribution is 2.06. The summed E-state index contributed by atoms with van der Waals surface area (Å²) in [5.41, 5.74) is 6.38. The Morgan fingerprint density at radius 3 is 2.50 bits per heavy atom. The number of hydrogen-bond donors (Lipinski definition) is 1. The third kappa shape index (κ3) is 4.82. The van der Waals surface area contributed by atoms with Crippen molar-refractivity contribution in [1.82, 2.24) is 0 Å². The highest BCUT2D eigenvalue weighted by molar-refractivity contribution is 5.93. The maximum absolute atomic E-state index is 11.3. The highest BCUT2D eigenvalue weighted by Gasteiger charge is 1.99. The summed E-state index contributed by atoms with van der Waals surface area (Å²) in [7, 11) is 0. The molecule has 0 aliphatic rings. The van der Waals surface area contributed by atoms with E-state index in [1.807, 2.05) is 6.92 Å². The van der Waals surface area contributed by atoms with Gasteiger partial charge in [-0.15, -0.1) is 0 Å². The van der Waals surface area contributed by atoms with Gasteiger partial charge in [-0.05, 0) is 30.2 Å². The van der Waals surface area contributed by atoms with Gasteiger partial charge in [0.2, 0.25) is 5.91 Å². The van der Waals surface area contributed by atoms with Gasteiger partial charge in [0, 0.05) is 11.6 Å². The fourth-order valence-corrected chi connectivity index (χ4v) is 1.29. The summed E-state index contributed by atoms with van der Waals surface area (Å²) in [6.45, 7) is 2.48. The van der Waals surface area contributed by atoms with Crippen molar-refractivity contribution in [1.29, 1.82) is 0 Å². The molecule has 1 rings (SSSR count). The molecule has 1 aromatic carbocycles. The van der Waals surface area contributed by atoms with Crippen molar-refractivity contribution in [3.8, 4) is 0 Å². The first kappa shape index (κ1) is 14.0. The predicted octanol–water partition coefficient (Wildman–Crippen LogP) is 2.14. The van der Waals surface area contributed by atoms with Crippen molar-refractivity contribution >= 4 is 18.0 Å². The number of hydrogen-bond acceptors (Lipinski definition) is 3. The van der Waals surface area contributed by atoms with Crippen LogP contribution in [0.1, 0.15) is 35.7 Å². The van der Waals surface area contributed by atoms with E-state index >= 15 is 0 Å². The molecule has 0 heterocycles. The number of carbonyl (C=O) groups is 2. The van der Waals surface area contributed by atoms with Gasteiger partial charge in [-0.1, -0.05) is 25.5 Å². The second kappa shape index (κ2) is 7.27. The predicted molar refractivity (Wildman–Crippen MR) is 69.9 cm³/mol. The fraction of sp³-hybridized carbons (Fsp3) is 0.286. The molecule has 0 aliphatic heterocycles. The Labute approximate surface area is 106 Å². The van der Waals surface area contributed by atoms with Crippen LogP contribution < -0.4 is 5.73 Å². The van der Waals surface area contributed by atoms with E-state index < -0.39 is 5.91 Å². The number of unbranched alkanes of at least 4 members (excludes halogenated alkanes) is 1. The van der Waals surface area contributed by atoms with Gasteiger partial charge in [0.05, 0.1) is 6.61 Å². The number of rotatable bonds is 6. The average Bonchev–Trinajstić information content (AvgIpc) is 2.37. The molecular formula is C14H17NO3. The number of primary amides is 1. The van der Waals surface area contributed by atoms with Crippen LogP contribution in [0.25, 0.3) is 6.08 Å². The first-order valence-electron chi connectivity index (χ1n) is 5.88. The summed E-state index contributed by atoms with van der Waals surface area (Å²) >= 11 is 0. The zero-order valence-corrected chi connectivity index (χ0v) is 10.4. The molecule has 0 spiro atoms. The van der Waals surface area contributed by atoms with Gasteiger partial charge in [-0.25, -0.2) is 4.79 Å². The molecule has 96 valence electrons. The minimum absolute atomic E-state index is 0.359. The van der Waals surface area contributed by atoms with Crippen molar-refractivity contribution in [3.63, 3.8) is 0 Å². The van der Waals surface area contributed by atoms with Gasteiger partial charge in [-0.2, -0.15) is 0 Å². The van der Waals surface area contributed by atoms with Crippen LogP contribution in [-0.2, 0) is 9.53 Å². The Morgan fingerprint density at radius 2 is 1.94 bits per heavy atom. The first-order chi connectivity index (χ1) is 8.63. The van der Waals surface area contributed by atoms with Crippen molar-refractivity contribution in [2.24, 2.45) is 5.73 Å². The molecule has 4 nitrogen and oxygen atoms in total. The molecule has 1 amide bonds. The molecule has 18 heavy (non-hydrogen) atoms. The van der Waals surface area contributed by atoms with Crippen LogP contribution in [0.3, 0.4) is 0 Å². The summed E-state index contributed by atoms with van der Waals surface area (Å²) in [5, 5.41) is 0. The number of ether oxygens (including phenoxy) is 1. The lowest BCUT2D eigenvalue weighted by molar-refractivity contribution is -0.137. The highest BCUT2D eigenvalue weighted by atomic mass is 16.5. The van der Waals surface area contributed by atoms with E-state index in [9.17, 15) is 9.59 Å². The van der Waals surface area contributed by atoms with Crippen molar-refractivity contribution in [3.05, 3.63) is 41.5 Å². The normalized spacial score (nSPS) is 10.5. The molecule has 0 fully saturated rings. The van der Waals surface area contributed by atoms with Crippen molar-refractivity contribution < 1.29 is 14.3 Å². The lowest BCUT2D eigenvalue weighted by atomic mass is 10.1. The van der Waals surface area contributed by atoms with Gasteiger partial charge in [0.1, 0.15) is 0 Å². The summed E-state index contributed by atoms with van der Waals surface area (Å²) in [6.07, 6.45) is 4.87. The number of amides is 1. The van der Waals surface area contributed by atoms with Gasteiger partial charge in [-0.3, -0.25) is 4.79 Å². The van der Waals surface area contributed by atoms with E-state index in [-0.39, 0.29) is 5.97 Å². The lowest BCUT2D eigenvalue weighted by Gasteiger charge is -1.99. The van der Waals surface area contributed by atoms with Gasteiger partial charge in [0.25, 0.3) is 0 Å². The molecule has 0 saturated heterocycles. The van der Waals surface area contributed by atoms with Crippen LogP contribution in [0.5, 0.6) is 0 Å². The smallest absolute Gasteiger partial charge is 0.330 e. The van der Waals surface area contributed by atoms with Crippen molar-refractivity contribution in [2.75, 3.05) is 6.61 Å². The summed E-state index contributed by atoms with van der Waals surface area (Å²) in [5.74, 6) is -0.827. The SMILES string of the molecule is CCCCOC(=O)/C=C/c1ccc(C(N)=O)cc1. The third-order valence-corrected chi connectivity index (χ3v) is 2.35. The van der Waals surface area contributed by atoms with E-state index in [0.717, 1.165) is 18.4 Å². The van der Waals surface area contributed by atoms with E-state index in [2.05, 4.69) is 0 Å². The second-order valence-corrected chi connectivity index (χ2v) is 3.84. The molecule has 0 saturated carbocycles. The summed E-state index contributed by atoms with van der Waals surface area (Å²) in [4.78, 5) is 22.1. The quantitative estimate of drug-likeness (QED) is 0.475. The number of esters is 1. The van der Waals surface area contributed by atoms with E-state index in [0.29, 0.717) is 12.2 Å². The first-order valence-corrected chi connectivity index (χ1v) is 5.88. The monoisotopic (exact) mass is 247 g/mol. The maximum atomic E-state index is 11.3. The molecule has 0 radical (unpaired) electrons. The molecule has 0 aromatic heterocycles. The minimum atomic E-state index is -0.468. The van der Waals surface area contributed by atoms with Crippen LogP contribution in [0.4, 0.5) is 0 Å². The van der Waals surface area contributed by atoms with Gasteiger partial charge in [0.15, 0.2) is 0 Å². The maximum Gasteiger partial charge on any atom is 0.330 e. The van der Waals surface area contributed by atoms with E-state index in [4.69, 9.17) is 10.5 Å². The van der Waals surface area contributed by atoms with E-state index in [1.54, 1.807) is 30.3 Å². The topological polar surface area (TPSA) is 69.4 Å². The molecule has 0 atom stereocenters. The Kier molecular flexibility index (Phi) is 5.64. The Hall–Kier alpha value is -2.10. The summed E-state index contributed by atoms with van der Waals surface area (Å²) < 4.78 is 4.97. The molecular weight excluding hydrogens is 230 g/mol.